The molecule has 2 unspecified atom stereocenters. The Balaban J connectivity index is 1.80. The molecular formula is C15H21N3O2. The fourth-order valence-corrected chi connectivity index (χ4v) is 3.10. The van der Waals surface area contributed by atoms with Gasteiger partial charge >= 0.3 is 0 Å². The largest absolute Gasteiger partial charge is 0.378 e. The van der Waals surface area contributed by atoms with E-state index in [9.17, 15) is 4.79 Å². The van der Waals surface area contributed by atoms with Crippen molar-refractivity contribution in [3.05, 3.63) is 29.8 Å². The quantitative estimate of drug-likeness (QED) is 0.829. The highest BCUT2D eigenvalue weighted by atomic mass is 16.5. The lowest BCUT2D eigenvalue weighted by molar-refractivity contribution is -0.125. The van der Waals surface area contributed by atoms with Gasteiger partial charge in [0.25, 0.3) is 0 Å². The average molecular weight is 275 g/mol. The van der Waals surface area contributed by atoms with Gasteiger partial charge in [0.2, 0.25) is 5.91 Å². The summed E-state index contributed by atoms with van der Waals surface area (Å²) in [6, 6.07) is 8.05. The number of hydrogen-bond donors (Lipinski definition) is 2. The number of ether oxygens (including phenoxy) is 1. The zero-order valence-corrected chi connectivity index (χ0v) is 11.5. The first-order chi connectivity index (χ1) is 9.79. The van der Waals surface area contributed by atoms with Gasteiger partial charge in [-0.05, 0) is 24.5 Å². The Hall–Kier alpha value is -1.43. The van der Waals surface area contributed by atoms with Crippen molar-refractivity contribution in [3.63, 3.8) is 0 Å². The number of aryl methyl sites for hydroxylation is 1. The molecule has 0 bridgehead atoms. The molecular weight excluding hydrogens is 254 g/mol. The summed E-state index contributed by atoms with van der Waals surface area (Å²) in [5.41, 5.74) is 7.97. The fourth-order valence-electron chi connectivity index (χ4n) is 3.10. The van der Waals surface area contributed by atoms with Crippen LogP contribution < -0.4 is 11.1 Å². The molecule has 0 aliphatic carbocycles. The number of hydrogen-bond acceptors (Lipinski definition) is 4. The van der Waals surface area contributed by atoms with Crippen molar-refractivity contribution in [1.82, 2.24) is 4.90 Å². The van der Waals surface area contributed by atoms with Crippen molar-refractivity contribution >= 4 is 11.6 Å². The molecule has 1 aromatic rings. The fraction of sp³-hybridized carbons (Fsp3) is 0.533. The lowest BCUT2D eigenvalue weighted by Gasteiger charge is -2.39. The standard InChI is InChI=1S/C15H21N3O2/c16-9-12-10-20-8-7-18(12)14-6-5-11-3-1-2-4-13(11)17-15(14)19/h1-4,12,14H,5-10,16H2,(H,17,19). The molecule has 5 nitrogen and oxygen atoms in total. The Morgan fingerprint density at radius 2 is 2.25 bits per heavy atom. The highest BCUT2D eigenvalue weighted by Gasteiger charge is 2.34. The molecule has 2 aliphatic heterocycles. The smallest absolute Gasteiger partial charge is 0.241 e. The highest BCUT2D eigenvalue weighted by molar-refractivity contribution is 5.96. The van der Waals surface area contributed by atoms with Crippen LogP contribution in [0.2, 0.25) is 0 Å². The monoisotopic (exact) mass is 275 g/mol. The van der Waals surface area contributed by atoms with Crippen LogP contribution in [0.25, 0.3) is 0 Å². The number of fused-ring (bicyclic) bond motifs is 1. The number of para-hydroxylation sites is 1. The zero-order valence-electron chi connectivity index (χ0n) is 11.5. The molecule has 1 amide bonds. The lowest BCUT2D eigenvalue weighted by Crippen LogP contribution is -2.56. The third-order valence-corrected chi connectivity index (χ3v) is 4.21. The van der Waals surface area contributed by atoms with Gasteiger partial charge in [0.1, 0.15) is 0 Å². The lowest BCUT2D eigenvalue weighted by atomic mass is 10.0. The number of amides is 1. The first kappa shape index (κ1) is 13.5. The molecule has 1 saturated heterocycles. The molecule has 0 radical (unpaired) electrons. The highest BCUT2D eigenvalue weighted by Crippen LogP contribution is 2.25. The normalized spacial score (nSPS) is 27.6. The van der Waals surface area contributed by atoms with Crippen LogP contribution in [-0.2, 0) is 16.0 Å². The van der Waals surface area contributed by atoms with Gasteiger partial charge in [0.05, 0.1) is 19.3 Å². The second kappa shape index (κ2) is 5.91. The van der Waals surface area contributed by atoms with E-state index in [2.05, 4.69) is 16.3 Å². The van der Waals surface area contributed by atoms with Gasteiger partial charge in [0, 0.05) is 24.8 Å². The number of rotatable bonds is 2. The van der Waals surface area contributed by atoms with Crippen molar-refractivity contribution in [2.75, 3.05) is 31.6 Å². The number of benzene rings is 1. The van der Waals surface area contributed by atoms with Gasteiger partial charge in [-0.25, -0.2) is 0 Å². The van der Waals surface area contributed by atoms with E-state index in [-0.39, 0.29) is 18.0 Å². The maximum Gasteiger partial charge on any atom is 0.241 e. The number of morpholine rings is 1. The van der Waals surface area contributed by atoms with Crippen LogP contribution in [0, 0.1) is 0 Å². The predicted molar refractivity (Wildman–Crippen MR) is 77.5 cm³/mol. The minimum Gasteiger partial charge on any atom is -0.378 e. The van der Waals surface area contributed by atoms with Gasteiger partial charge in [-0.2, -0.15) is 0 Å². The third kappa shape index (κ3) is 2.57. The van der Waals surface area contributed by atoms with Crippen LogP contribution in [0.1, 0.15) is 12.0 Å². The van der Waals surface area contributed by atoms with Crippen molar-refractivity contribution in [1.29, 1.82) is 0 Å². The maximum atomic E-state index is 12.5. The second-order valence-corrected chi connectivity index (χ2v) is 5.40. The summed E-state index contributed by atoms with van der Waals surface area (Å²) >= 11 is 0. The van der Waals surface area contributed by atoms with E-state index in [0.717, 1.165) is 25.1 Å². The molecule has 1 aromatic carbocycles. The van der Waals surface area contributed by atoms with Crippen LogP contribution in [0.4, 0.5) is 5.69 Å². The van der Waals surface area contributed by atoms with Crippen LogP contribution in [0.5, 0.6) is 0 Å². The van der Waals surface area contributed by atoms with Crippen LogP contribution in [0.3, 0.4) is 0 Å². The first-order valence-corrected chi connectivity index (χ1v) is 7.22. The minimum absolute atomic E-state index is 0.0790. The maximum absolute atomic E-state index is 12.5. The number of carbonyl (C=O) groups is 1. The zero-order chi connectivity index (χ0) is 13.9. The molecule has 2 atom stereocenters. The summed E-state index contributed by atoms with van der Waals surface area (Å²) in [5, 5.41) is 3.05. The van der Waals surface area contributed by atoms with Gasteiger partial charge in [-0.3, -0.25) is 9.69 Å². The summed E-state index contributed by atoms with van der Waals surface area (Å²) in [5.74, 6) is 0.0790. The molecule has 1 fully saturated rings. The number of nitrogens with two attached hydrogens (primary N) is 1. The van der Waals surface area contributed by atoms with Crippen LogP contribution in [0.15, 0.2) is 24.3 Å². The number of carbonyl (C=O) groups excluding carboxylic acids is 1. The van der Waals surface area contributed by atoms with E-state index < -0.39 is 0 Å². The van der Waals surface area contributed by atoms with Gasteiger partial charge in [0.15, 0.2) is 0 Å². The van der Waals surface area contributed by atoms with Crippen LogP contribution in [-0.4, -0.2) is 49.2 Å². The SMILES string of the molecule is NCC1COCCN1C1CCc2ccccc2NC1=O. The molecule has 2 heterocycles. The molecule has 0 spiro atoms. The van der Waals surface area contributed by atoms with Crippen molar-refractivity contribution in [3.8, 4) is 0 Å². The predicted octanol–water partition coefficient (Wildman–Crippen LogP) is 0.599. The molecule has 3 rings (SSSR count). The summed E-state index contributed by atoms with van der Waals surface area (Å²) in [6.07, 6.45) is 1.74. The second-order valence-electron chi connectivity index (χ2n) is 5.40. The van der Waals surface area contributed by atoms with Gasteiger partial charge in [-0.1, -0.05) is 18.2 Å². The summed E-state index contributed by atoms with van der Waals surface area (Å²) in [7, 11) is 0. The number of nitrogens with zero attached hydrogens (tertiary/aromatic N) is 1. The van der Waals surface area contributed by atoms with Gasteiger partial charge in [-0.15, -0.1) is 0 Å². The summed E-state index contributed by atoms with van der Waals surface area (Å²) in [4.78, 5) is 14.7. The topological polar surface area (TPSA) is 67.6 Å². The van der Waals surface area contributed by atoms with Crippen LogP contribution >= 0.6 is 0 Å². The average Bonchev–Trinajstić information content (AvgIpc) is 2.65. The van der Waals surface area contributed by atoms with Crippen molar-refractivity contribution < 1.29 is 9.53 Å². The molecule has 0 saturated carbocycles. The molecule has 2 aliphatic rings. The van der Waals surface area contributed by atoms with E-state index in [4.69, 9.17) is 10.5 Å². The molecule has 20 heavy (non-hydrogen) atoms. The van der Waals surface area contributed by atoms with E-state index in [1.54, 1.807) is 0 Å². The molecule has 0 aromatic heterocycles. The Kier molecular flexibility index (Phi) is 4.00. The van der Waals surface area contributed by atoms with Crippen molar-refractivity contribution in [2.45, 2.75) is 24.9 Å². The number of nitrogens with one attached hydrogen (secondary N) is 1. The first-order valence-electron chi connectivity index (χ1n) is 7.22. The Labute approximate surface area is 119 Å². The van der Waals surface area contributed by atoms with E-state index in [0.29, 0.717) is 19.8 Å². The Bertz CT molecular complexity index is 492. The third-order valence-electron chi connectivity index (χ3n) is 4.21. The van der Waals surface area contributed by atoms with Crippen molar-refractivity contribution in [2.24, 2.45) is 5.73 Å². The Morgan fingerprint density at radius 1 is 1.40 bits per heavy atom. The number of anilines is 1. The summed E-state index contributed by atoms with van der Waals surface area (Å²) < 4.78 is 5.47. The van der Waals surface area contributed by atoms with Gasteiger partial charge < -0.3 is 15.8 Å². The molecule has 3 N–H and O–H groups in total. The molecule has 108 valence electrons. The van der Waals surface area contributed by atoms with E-state index >= 15 is 0 Å². The van der Waals surface area contributed by atoms with E-state index in [1.165, 1.54) is 5.56 Å². The molecule has 5 heteroatoms. The summed E-state index contributed by atoms with van der Waals surface area (Å²) in [6.45, 7) is 2.59. The Morgan fingerprint density at radius 3 is 3.10 bits per heavy atom. The van der Waals surface area contributed by atoms with E-state index in [1.807, 2.05) is 18.2 Å². The minimum atomic E-state index is -0.111.